The molecule has 0 bridgehead atoms. The summed E-state index contributed by atoms with van der Waals surface area (Å²) < 4.78 is 0.986. The van der Waals surface area contributed by atoms with Gasteiger partial charge in [0.1, 0.15) is 0 Å². The summed E-state index contributed by atoms with van der Waals surface area (Å²) in [7, 11) is 0. The topological polar surface area (TPSA) is 0 Å². The minimum Gasteiger partial charge on any atom is -0.0840 e. The molecule has 0 saturated carbocycles. The van der Waals surface area contributed by atoms with Gasteiger partial charge in [-0.3, -0.25) is 0 Å². The van der Waals surface area contributed by atoms with Crippen LogP contribution in [-0.2, 0) is 0 Å². The van der Waals surface area contributed by atoms with Crippen molar-refractivity contribution in [1.82, 2.24) is 0 Å². The molecule has 0 heterocycles. The average molecular weight is 204 g/mol. The molecule has 0 fully saturated rings. The molecule has 1 rings (SSSR count). The van der Waals surface area contributed by atoms with Gasteiger partial charge in [0, 0.05) is 9.50 Å². The fourth-order valence-electron chi connectivity index (χ4n) is 0.522. The molecule has 0 aliphatic rings. The quantitative estimate of drug-likeness (QED) is 0.608. The van der Waals surface area contributed by atoms with Gasteiger partial charge in [-0.05, 0) is 24.6 Å². The van der Waals surface area contributed by atoms with Crippen LogP contribution in [0.1, 0.15) is 5.56 Å². The highest BCUT2D eigenvalue weighted by Gasteiger charge is 1.92. The SMILES string of the molecule is [CH2]c1ccc(Br)cc1Cl. The van der Waals surface area contributed by atoms with Crippen LogP contribution in [0, 0.1) is 6.92 Å². The Morgan fingerprint density at radius 2 is 2.11 bits per heavy atom. The van der Waals surface area contributed by atoms with E-state index in [4.69, 9.17) is 11.6 Å². The molecule has 1 aromatic rings. The Morgan fingerprint density at radius 3 is 2.56 bits per heavy atom. The second-order valence-electron chi connectivity index (χ2n) is 1.74. The van der Waals surface area contributed by atoms with Crippen LogP contribution in [0.15, 0.2) is 22.7 Å². The van der Waals surface area contributed by atoms with E-state index >= 15 is 0 Å². The zero-order valence-corrected chi connectivity index (χ0v) is 7.04. The lowest BCUT2D eigenvalue weighted by Crippen LogP contribution is -1.72. The molecular weight excluding hydrogens is 199 g/mol. The summed E-state index contributed by atoms with van der Waals surface area (Å²) in [5.41, 5.74) is 0.861. The third-order valence-electron chi connectivity index (χ3n) is 1.02. The van der Waals surface area contributed by atoms with Crippen molar-refractivity contribution in [2.45, 2.75) is 0 Å². The van der Waals surface area contributed by atoms with Crippen molar-refractivity contribution in [3.8, 4) is 0 Å². The summed E-state index contributed by atoms with van der Waals surface area (Å²) >= 11 is 9.01. The fraction of sp³-hybridized carbons (Fsp3) is 0. The first kappa shape index (κ1) is 7.10. The van der Waals surface area contributed by atoms with E-state index in [1.54, 1.807) is 0 Å². The number of benzene rings is 1. The third kappa shape index (κ3) is 1.70. The molecule has 9 heavy (non-hydrogen) atoms. The van der Waals surface area contributed by atoms with E-state index in [1.807, 2.05) is 18.2 Å². The molecule has 0 aliphatic carbocycles. The molecule has 0 nitrogen and oxygen atoms in total. The number of halogens is 2. The van der Waals surface area contributed by atoms with Gasteiger partial charge in [0.05, 0.1) is 0 Å². The van der Waals surface area contributed by atoms with Crippen molar-refractivity contribution in [3.05, 3.63) is 40.2 Å². The number of rotatable bonds is 0. The van der Waals surface area contributed by atoms with Crippen molar-refractivity contribution in [2.75, 3.05) is 0 Å². The molecule has 0 atom stereocenters. The van der Waals surface area contributed by atoms with Crippen LogP contribution in [0.25, 0.3) is 0 Å². The van der Waals surface area contributed by atoms with Crippen LogP contribution in [0.4, 0.5) is 0 Å². The van der Waals surface area contributed by atoms with Gasteiger partial charge >= 0.3 is 0 Å². The van der Waals surface area contributed by atoms with E-state index in [-0.39, 0.29) is 0 Å². The summed E-state index contributed by atoms with van der Waals surface area (Å²) in [6.07, 6.45) is 0. The second-order valence-corrected chi connectivity index (χ2v) is 3.06. The van der Waals surface area contributed by atoms with Gasteiger partial charge in [0.25, 0.3) is 0 Å². The average Bonchev–Trinajstić information content (AvgIpc) is 1.80. The maximum Gasteiger partial charge on any atom is 0.0449 e. The van der Waals surface area contributed by atoms with E-state index in [2.05, 4.69) is 22.9 Å². The van der Waals surface area contributed by atoms with Gasteiger partial charge in [-0.1, -0.05) is 33.6 Å². The van der Waals surface area contributed by atoms with Crippen molar-refractivity contribution < 1.29 is 0 Å². The van der Waals surface area contributed by atoms with Gasteiger partial charge in [0.2, 0.25) is 0 Å². The normalized spacial score (nSPS) is 9.67. The van der Waals surface area contributed by atoms with E-state index in [9.17, 15) is 0 Å². The highest BCUT2D eigenvalue weighted by Crippen LogP contribution is 2.19. The van der Waals surface area contributed by atoms with E-state index in [0.29, 0.717) is 5.02 Å². The van der Waals surface area contributed by atoms with Crippen molar-refractivity contribution >= 4 is 27.5 Å². The minimum absolute atomic E-state index is 0.698. The molecule has 1 radical (unpaired) electrons. The van der Waals surface area contributed by atoms with Crippen LogP contribution in [-0.4, -0.2) is 0 Å². The van der Waals surface area contributed by atoms with E-state index in [1.165, 1.54) is 0 Å². The highest BCUT2D eigenvalue weighted by molar-refractivity contribution is 9.10. The maximum atomic E-state index is 5.72. The Labute approximate surface area is 68.0 Å². The van der Waals surface area contributed by atoms with Gasteiger partial charge in [0.15, 0.2) is 0 Å². The first-order chi connectivity index (χ1) is 4.20. The predicted octanol–water partition coefficient (Wildman–Crippen LogP) is 3.28. The zero-order chi connectivity index (χ0) is 6.85. The van der Waals surface area contributed by atoms with Crippen LogP contribution < -0.4 is 0 Å². The van der Waals surface area contributed by atoms with Crippen LogP contribution in [0.2, 0.25) is 5.02 Å². The number of hydrogen-bond acceptors (Lipinski definition) is 0. The molecule has 0 spiro atoms. The fourth-order valence-corrected chi connectivity index (χ4v) is 1.20. The molecule has 0 saturated heterocycles. The lowest BCUT2D eigenvalue weighted by Gasteiger charge is -1.94. The predicted molar refractivity (Wildman–Crippen MR) is 43.6 cm³/mol. The molecule has 1 aromatic carbocycles. The first-order valence-electron chi connectivity index (χ1n) is 2.47. The molecule has 47 valence electrons. The highest BCUT2D eigenvalue weighted by atomic mass is 79.9. The van der Waals surface area contributed by atoms with Crippen molar-refractivity contribution in [2.24, 2.45) is 0 Å². The van der Waals surface area contributed by atoms with Crippen LogP contribution in [0.5, 0.6) is 0 Å². The molecule has 2 heteroatoms. The molecule has 0 aliphatic heterocycles. The molecule has 0 aromatic heterocycles. The van der Waals surface area contributed by atoms with Crippen LogP contribution in [0.3, 0.4) is 0 Å². The Bertz CT molecular complexity index is 220. The maximum absolute atomic E-state index is 5.72. The Kier molecular flexibility index (Phi) is 2.14. The Morgan fingerprint density at radius 1 is 1.44 bits per heavy atom. The number of hydrogen-bond donors (Lipinski definition) is 0. The van der Waals surface area contributed by atoms with Crippen molar-refractivity contribution in [3.63, 3.8) is 0 Å². The lowest BCUT2D eigenvalue weighted by atomic mass is 10.2. The largest absolute Gasteiger partial charge is 0.0840 e. The zero-order valence-electron chi connectivity index (χ0n) is 4.70. The van der Waals surface area contributed by atoms with E-state index < -0.39 is 0 Å². The summed E-state index contributed by atoms with van der Waals surface area (Å²) in [4.78, 5) is 0. The molecule has 0 amide bonds. The van der Waals surface area contributed by atoms with Crippen molar-refractivity contribution in [1.29, 1.82) is 0 Å². The lowest BCUT2D eigenvalue weighted by molar-refractivity contribution is 1.58. The minimum atomic E-state index is 0.698. The van der Waals surface area contributed by atoms with Gasteiger partial charge in [-0.25, -0.2) is 0 Å². The van der Waals surface area contributed by atoms with Gasteiger partial charge in [-0.15, -0.1) is 0 Å². The van der Waals surface area contributed by atoms with Gasteiger partial charge < -0.3 is 0 Å². The Balaban J connectivity index is 3.17. The molecular formula is C7H5BrCl. The van der Waals surface area contributed by atoms with Gasteiger partial charge in [-0.2, -0.15) is 0 Å². The molecule has 0 unspecified atom stereocenters. The summed E-state index contributed by atoms with van der Waals surface area (Å²) in [6.45, 7) is 3.71. The Hall–Kier alpha value is -0.0100. The standard InChI is InChI=1S/C7H5BrCl/c1-5-2-3-6(8)4-7(5)9/h2-4H,1H2. The van der Waals surface area contributed by atoms with Crippen LogP contribution >= 0.6 is 27.5 Å². The second kappa shape index (κ2) is 2.72. The summed E-state index contributed by atoms with van der Waals surface area (Å²) in [5, 5.41) is 0.698. The summed E-state index contributed by atoms with van der Waals surface area (Å²) in [5.74, 6) is 0. The first-order valence-corrected chi connectivity index (χ1v) is 3.64. The third-order valence-corrected chi connectivity index (χ3v) is 1.86. The smallest absolute Gasteiger partial charge is 0.0449 e. The molecule has 0 N–H and O–H groups in total. The summed E-state index contributed by atoms with van der Waals surface area (Å²) in [6, 6.07) is 5.60. The monoisotopic (exact) mass is 203 g/mol. The van der Waals surface area contributed by atoms with E-state index in [0.717, 1.165) is 10.0 Å².